The quantitative estimate of drug-likeness (QED) is 0.775. The molecule has 0 aromatic heterocycles. The largest absolute Gasteiger partial charge is 0.243 e. The molecule has 1 N–H and O–H groups in total. The number of hydrogen-bond acceptors (Lipinski definition) is 2. The number of sulfonamides is 1. The van der Waals surface area contributed by atoms with Crippen LogP contribution in [-0.4, -0.2) is 15.0 Å². The first kappa shape index (κ1) is 19.0. The van der Waals surface area contributed by atoms with Crippen LogP contribution >= 0.6 is 34.8 Å². The van der Waals surface area contributed by atoms with Crippen molar-refractivity contribution in [1.29, 1.82) is 0 Å². The minimum Gasteiger partial charge on any atom is -0.211 e. The van der Waals surface area contributed by atoms with Crippen LogP contribution < -0.4 is 4.72 Å². The monoisotopic (exact) mass is 371 g/mol. The molecule has 0 aliphatic rings. The van der Waals surface area contributed by atoms with Gasteiger partial charge in [0.1, 0.15) is 4.90 Å². The Kier molecular flexibility index (Phi) is 6.81. The summed E-state index contributed by atoms with van der Waals surface area (Å²) in [5.74, 6) is 0.956. The lowest BCUT2D eigenvalue weighted by Crippen LogP contribution is -2.34. The van der Waals surface area contributed by atoms with Crippen molar-refractivity contribution in [3.8, 4) is 0 Å². The van der Waals surface area contributed by atoms with E-state index in [0.717, 1.165) is 0 Å². The van der Waals surface area contributed by atoms with Crippen LogP contribution in [0.4, 0.5) is 0 Å². The first-order valence-electron chi connectivity index (χ1n) is 6.70. The summed E-state index contributed by atoms with van der Waals surface area (Å²) >= 11 is 17.7. The normalized spacial score (nSPS) is 12.7. The third-order valence-corrected chi connectivity index (χ3v) is 6.02. The summed E-state index contributed by atoms with van der Waals surface area (Å²) in [5, 5.41) is 0.336. The second-order valence-electron chi connectivity index (χ2n) is 5.70. The van der Waals surface area contributed by atoms with Gasteiger partial charge in [-0.25, -0.2) is 13.1 Å². The molecule has 0 amide bonds. The molecule has 1 rings (SSSR count). The van der Waals surface area contributed by atoms with Gasteiger partial charge in [-0.3, -0.25) is 0 Å². The van der Waals surface area contributed by atoms with Crippen molar-refractivity contribution in [2.24, 2.45) is 17.8 Å². The fraction of sp³-hybridized carbons (Fsp3) is 0.571. The second kappa shape index (κ2) is 7.51. The summed E-state index contributed by atoms with van der Waals surface area (Å²) in [6.07, 6.45) is 0. The molecule has 0 radical (unpaired) electrons. The highest BCUT2D eigenvalue weighted by molar-refractivity contribution is 7.89. The van der Waals surface area contributed by atoms with Crippen LogP contribution in [0.25, 0.3) is 0 Å². The van der Waals surface area contributed by atoms with Crippen molar-refractivity contribution in [1.82, 2.24) is 4.72 Å². The fourth-order valence-electron chi connectivity index (χ4n) is 2.30. The first-order chi connectivity index (χ1) is 9.56. The van der Waals surface area contributed by atoms with Gasteiger partial charge in [0.2, 0.25) is 10.0 Å². The highest BCUT2D eigenvalue weighted by Gasteiger charge is 2.25. The standard InChI is InChI=1S/C14H20Cl3NO2S/c1-8(2)11(9(3)4)7-18-21(19,20)14-12(16)5-10(15)6-13(14)17/h5-6,8-9,11,18H,7H2,1-4H3. The number of halogens is 3. The number of benzene rings is 1. The number of rotatable bonds is 6. The summed E-state index contributed by atoms with van der Waals surface area (Å²) in [6, 6.07) is 2.73. The van der Waals surface area contributed by atoms with E-state index in [-0.39, 0.29) is 20.9 Å². The summed E-state index contributed by atoms with van der Waals surface area (Å²) in [6.45, 7) is 8.62. The van der Waals surface area contributed by atoms with E-state index < -0.39 is 10.0 Å². The van der Waals surface area contributed by atoms with Crippen LogP contribution in [0.1, 0.15) is 27.7 Å². The summed E-state index contributed by atoms with van der Waals surface area (Å²) in [7, 11) is -3.77. The Bertz CT molecular complexity index is 569. The van der Waals surface area contributed by atoms with E-state index in [4.69, 9.17) is 34.8 Å². The molecule has 0 heterocycles. The molecule has 0 saturated heterocycles. The van der Waals surface area contributed by atoms with Gasteiger partial charge in [-0.2, -0.15) is 0 Å². The van der Waals surface area contributed by atoms with Crippen LogP contribution in [0, 0.1) is 17.8 Å². The Morgan fingerprint density at radius 2 is 1.43 bits per heavy atom. The zero-order chi connectivity index (χ0) is 16.4. The zero-order valence-corrected chi connectivity index (χ0v) is 15.5. The van der Waals surface area contributed by atoms with Crippen LogP contribution in [-0.2, 0) is 10.0 Å². The minimum atomic E-state index is -3.77. The Labute approximate surface area is 142 Å². The average molecular weight is 373 g/mol. The topological polar surface area (TPSA) is 46.2 Å². The lowest BCUT2D eigenvalue weighted by atomic mass is 9.86. The van der Waals surface area contributed by atoms with Gasteiger partial charge in [0.15, 0.2) is 0 Å². The van der Waals surface area contributed by atoms with Gasteiger partial charge in [0.25, 0.3) is 0 Å². The van der Waals surface area contributed by atoms with Crippen molar-refractivity contribution >= 4 is 44.8 Å². The van der Waals surface area contributed by atoms with Crippen molar-refractivity contribution in [2.45, 2.75) is 32.6 Å². The first-order valence-corrected chi connectivity index (χ1v) is 9.32. The van der Waals surface area contributed by atoms with Crippen molar-refractivity contribution in [3.63, 3.8) is 0 Å². The number of nitrogens with one attached hydrogen (secondary N) is 1. The van der Waals surface area contributed by atoms with E-state index in [2.05, 4.69) is 32.4 Å². The van der Waals surface area contributed by atoms with Crippen molar-refractivity contribution in [3.05, 3.63) is 27.2 Å². The van der Waals surface area contributed by atoms with Gasteiger partial charge < -0.3 is 0 Å². The Morgan fingerprint density at radius 1 is 1.00 bits per heavy atom. The number of hydrogen-bond donors (Lipinski definition) is 1. The molecule has 0 bridgehead atoms. The van der Waals surface area contributed by atoms with E-state index in [1.54, 1.807) is 0 Å². The Hall–Kier alpha value is -0.000000000000000111. The molecule has 0 unspecified atom stereocenters. The van der Waals surface area contributed by atoms with E-state index in [1.165, 1.54) is 12.1 Å². The molecule has 1 aromatic rings. The molecule has 0 aliphatic heterocycles. The van der Waals surface area contributed by atoms with E-state index >= 15 is 0 Å². The maximum atomic E-state index is 12.4. The molecule has 0 saturated carbocycles. The summed E-state index contributed by atoms with van der Waals surface area (Å²) in [5.41, 5.74) is 0. The molecule has 1 aromatic carbocycles. The molecule has 3 nitrogen and oxygen atoms in total. The van der Waals surface area contributed by atoms with Gasteiger partial charge in [0.05, 0.1) is 10.0 Å². The van der Waals surface area contributed by atoms with E-state index in [0.29, 0.717) is 23.4 Å². The zero-order valence-electron chi connectivity index (χ0n) is 12.5. The SMILES string of the molecule is CC(C)C(CNS(=O)(=O)c1c(Cl)cc(Cl)cc1Cl)C(C)C. The van der Waals surface area contributed by atoms with Gasteiger partial charge in [-0.05, 0) is 29.9 Å². The highest BCUT2D eigenvalue weighted by Crippen LogP contribution is 2.32. The van der Waals surface area contributed by atoms with Crippen LogP contribution in [0.3, 0.4) is 0 Å². The molecule has 0 atom stereocenters. The Morgan fingerprint density at radius 3 is 1.81 bits per heavy atom. The maximum absolute atomic E-state index is 12.4. The summed E-state index contributed by atoms with van der Waals surface area (Å²) < 4.78 is 27.4. The van der Waals surface area contributed by atoms with Gasteiger partial charge >= 0.3 is 0 Å². The van der Waals surface area contributed by atoms with E-state index in [9.17, 15) is 8.42 Å². The fourth-order valence-corrected chi connectivity index (χ4v) is 4.92. The lowest BCUT2D eigenvalue weighted by molar-refractivity contribution is 0.289. The van der Waals surface area contributed by atoms with Crippen LogP contribution in [0.5, 0.6) is 0 Å². The summed E-state index contributed by atoms with van der Waals surface area (Å²) in [4.78, 5) is -0.124. The molecule has 0 aliphatic carbocycles. The Balaban J connectivity index is 3.03. The molecule has 0 fully saturated rings. The maximum Gasteiger partial charge on any atom is 0.243 e. The highest BCUT2D eigenvalue weighted by atomic mass is 35.5. The van der Waals surface area contributed by atoms with Gasteiger partial charge in [-0.1, -0.05) is 62.5 Å². The predicted molar refractivity (Wildman–Crippen MR) is 89.8 cm³/mol. The van der Waals surface area contributed by atoms with Crippen molar-refractivity contribution < 1.29 is 8.42 Å². The predicted octanol–water partition coefficient (Wildman–Crippen LogP) is 4.85. The van der Waals surface area contributed by atoms with Gasteiger partial charge in [-0.15, -0.1) is 0 Å². The van der Waals surface area contributed by atoms with E-state index in [1.807, 2.05) is 0 Å². The van der Waals surface area contributed by atoms with Crippen molar-refractivity contribution in [2.75, 3.05) is 6.54 Å². The molecule has 21 heavy (non-hydrogen) atoms. The molecular formula is C14H20Cl3NO2S. The average Bonchev–Trinajstić information content (AvgIpc) is 2.25. The molecule has 0 spiro atoms. The molecular weight excluding hydrogens is 353 g/mol. The molecule has 120 valence electrons. The smallest absolute Gasteiger partial charge is 0.211 e. The van der Waals surface area contributed by atoms with Crippen LogP contribution in [0.15, 0.2) is 17.0 Å². The lowest BCUT2D eigenvalue weighted by Gasteiger charge is -2.25. The van der Waals surface area contributed by atoms with Crippen LogP contribution in [0.2, 0.25) is 15.1 Å². The second-order valence-corrected chi connectivity index (χ2v) is 8.66. The molecule has 7 heteroatoms. The van der Waals surface area contributed by atoms with Gasteiger partial charge in [0, 0.05) is 11.6 Å². The third-order valence-electron chi connectivity index (χ3n) is 3.45. The minimum absolute atomic E-state index is 0.0191. The third kappa shape index (κ3) is 5.00.